The van der Waals surface area contributed by atoms with Crippen LogP contribution in [-0.4, -0.2) is 7.11 Å². The molecule has 0 aliphatic rings. The summed E-state index contributed by atoms with van der Waals surface area (Å²) < 4.78 is 5.38. The lowest BCUT2D eigenvalue weighted by Crippen LogP contribution is -2.15. The highest BCUT2D eigenvalue weighted by Gasteiger charge is 2.15. The Morgan fingerprint density at radius 2 is 1.80 bits per heavy atom. The Kier molecular flexibility index (Phi) is 4.69. The summed E-state index contributed by atoms with van der Waals surface area (Å²) in [6.07, 6.45) is 0.773. The zero-order valence-corrected chi connectivity index (χ0v) is 12.9. The molecule has 2 aromatic carbocycles. The second kappa shape index (κ2) is 6.29. The summed E-state index contributed by atoms with van der Waals surface area (Å²) in [7, 11) is 1.65. The minimum atomic E-state index is -0.136. The van der Waals surface area contributed by atoms with Gasteiger partial charge in [0, 0.05) is 16.6 Å². The molecule has 0 saturated carbocycles. The molecule has 1 unspecified atom stereocenters. The van der Waals surface area contributed by atoms with Crippen LogP contribution in [0.15, 0.2) is 36.4 Å². The zero-order chi connectivity index (χ0) is 14.7. The van der Waals surface area contributed by atoms with E-state index in [0.717, 1.165) is 17.7 Å². The molecule has 2 nitrogen and oxygen atoms in total. The molecule has 0 radical (unpaired) electrons. The standard InChI is InChI=1S/C17H20ClNO/c1-11-5-4-6-12(2)14(11)10-16(19)15-9-13(18)7-8-17(15)20-3/h4-9,16H,10,19H2,1-3H3. The van der Waals surface area contributed by atoms with Crippen LogP contribution in [0.3, 0.4) is 0 Å². The van der Waals surface area contributed by atoms with Gasteiger partial charge in [0.25, 0.3) is 0 Å². The van der Waals surface area contributed by atoms with Gasteiger partial charge in [0.2, 0.25) is 0 Å². The summed E-state index contributed by atoms with van der Waals surface area (Å²) in [5, 5.41) is 0.678. The fraction of sp³-hybridized carbons (Fsp3) is 0.294. The van der Waals surface area contributed by atoms with Gasteiger partial charge in [-0.05, 0) is 55.2 Å². The minimum absolute atomic E-state index is 0.136. The lowest BCUT2D eigenvalue weighted by molar-refractivity contribution is 0.405. The van der Waals surface area contributed by atoms with Crippen molar-refractivity contribution in [2.45, 2.75) is 26.3 Å². The van der Waals surface area contributed by atoms with Crippen LogP contribution in [0.5, 0.6) is 5.75 Å². The van der Waals surface area contributed by atoms with Crippen molar-refractivity contribution in [3.63, 3.8) is 0 Å². The van der Waals surface area contributed by atoms with Gasteiger partial charge >= 0.3 is 0 Å². The summed E-state index contributed by atoms with van der Waals surface area (Å²) in [6, 6.07) is 11.7. The molecule has 0 fully saturated rings. The maximum Gasteiger partial charge on any atom is 0.123 e. The number of benzene rings is 2. The van der Waals surface area contributed by atoms with Gasteiger partial charge in [0.05, 0.1) is 7.11 Å². The first-order chi connectivity index (χ1) is 9.52. The largest absolute Gasteiger partial charge is 0.496 e. The maximum atomic E-state index is 6.37. The Hall–Kier alpha value is -1.51. The van der Waals surface area contributed by atoms with Crippen LogP contribution in [0.1, 0.15) is 28.3 Å². The number of ether oxygens (including phenoxy) is 1. The Morgan fingerprint density at radius 3 is 2.40 bits per heavy atom. The number of rotatable bonds is 4. The highest BCUT2D eigenvalue weighted by molar-refractivity contribution is 6.30. The molecule has 0 aliphatic heterocycles. The van der Waals surface area contributed by atoms with Crippen molar-refractivity contribution >= 4 is 11.6 Å². The van der Waals surface area contributed by atoms with Crippen LogP contribution in [0.4, 0.5) is 0 Å². The molecule has 2 N–H and O–H groups in total. The van der Waals surface area contributed by atoms with Crippen molar-refractivity contribution in [2.75, 3.05) is 7.11 Å². The van der Waals surface area contributed by atoms with Crippen molar-refractivity contribution in [1.82, 2.24) is 0 Å². The number of nitrogens with two attached hydrogens (primary N) is 1. The molecule has 106 valence electrons. The number of methoxy groups -OCH3 is 1. The van der Waals surface area contributed by atoms with E-state index >= 15 is 0 Å². The lowest BCUT2D eigenvalue weighted by Gasteiger charge is -2.18. The minimum Gasteiger partial charge on any atom is -0.496 e. The molecular weight excluding hydrogens is 270 g/mol. The fourth-order valence-corrected chi connectivity index (χ4v) is 2.68. The maximum absolute atomic E-state index is 6.37. The molecule has 20 heavy (non-hydrogen) atoms. The molecule has 0 aromatic heterocycles. The summed E-state index contributed by atoms with van der Waals surface area (Å²) in [5.41, 5.74) is 11.1. The van der Waals surface area contributed by atoms with Gasteiger partial charge in [-0.25, -0.2) is 0 Å². The van der Waals surface area contributed by atoms with Gasteiger partial charge in [0.15, 0.2) is 0 Å². The number of aryl methyl sites for hydroxylation is 2. The zero-order valence-electron chi connectivity index (χ0n) is 12.1. The van der Waals surface area contributed by atoms with Gasteiger partial charge < -0.3 is 10.5 Å². The van der Waals surface area contributed by atoms with Crippen LogP contribution in [0.2, 0.25) is 5.02 Å². The molecule has 0 saturated heterocycles. The predicted molar refractivity (Wildman–Crippen MR) is 84.6 cm³/mol. The lowest BCUT2D eigenvalue weighted by atomic mass is 9.93. The van der Waals surface area contributed by atoms with E-state index in [4.69, 9.17) is 22.1 Å². The second-order valence-corrected chi connectivity index (χ2v) is 5.50. The van der Waals surface area contributed by atoms with E-state index in [1.807, 2.05) is 18.2 Å². The molecule has 0 aliphatic carbocycles. The van der Waals surface area contributed by atoms with Crippen LogP contribution in [0, 0.1) is 13.8 Å². The molecular formula is C17H20ClNO. The van der Waals surface area contributed by atoms with Gasteiger partial charge in [-0.3, -0.25) is 0 Å². The van der Waals surface area contributed by atoms with E-state index < -0.39 is 0 Å². The summed E-state index contributed by atoms with van der Waals surface area (Å²) in [6.45, 7) is 4.23. The van der Waals surface area contributed by atoms with Crippen LogP contribution in [0.25, 0.3) is 0 Å². The van der Waals surface area contributed by atoms with E-state index in [9.17, 15) is 0 Å². The van der Waals surface area contributed by atoms with E-state index in [1.54, 1.807) is 7.11 Å². The van der Waals surface area contributed by atoms with E-state index in [0.29, 0.717) is 5.02 Å². The molecule has 0 amide bonds. The van der Waals surface area contributed by atoms with Crippen molar-refractivity contribution in [3.8, 4) is 5.75 Å². The molecule has 0 spiro atoms. The molecule has 3 heteroatoms. The Labute approximate surface area is 125 Å². The summed E-state index contributed by atoms with van der Waals surface area (Å²) >= 11 is 6.07. The Bertz CT molecular complexity index is 590. The SMILES string of the molecule is COc1ccc(Cl)cc1C(N)Cc1c(C)cccc1C. The third-order valence-electron chi connectivity index (χ3n) is 3.66. The smallest absolute Gasteiger partial charge is 0.123 e. The van der Waals surface area contributed by atoms with Gasteiger partial charge in [-0.1, -0.05) is 29.8 Å². The Balaban J connectivity index is 2.33. The van der Waals surface area contributed by atoms with Crippen LogP contribution >= 0.6 is 11.6 Å². The molecule has 0 heterocycles. The summed E-state index contributed by atoms with van der Waals surface area (Å²) in [4.78, 5) is 0. The number of hydrogen-bond donors (Lipinski definition) is 1. The predicted octanol–water partition coefficient (Wildman–Crippen LogP) is 4.21. The van der Waals surface area contributed by atoms with E-state index in [-0.39, 0.29) is 6.04 Å². The third-order valence-corrected chi connectivity index (χ3v) is 3.89. The number of hydrogen-bond acceptors (Lipinski definition) is 2. The number of halogens is 1. The fourth-order valence-electron chi connectivity index (χ4n) is 2.50. The monoisotopic (exact) mass is 289 g/mol. The molecule has 2 rings (SSSR count). The topological polar surface area (TPSA) is 35.2 Å². The van der Waals surface area contributed by atoms with Crippen molar-refractivity contribution < 1.29 is 4.74 Å². The highest BCUT2D eigenvalue weighted by atomic mass is 35.5. The van der Waals surface area contributed by atoms with E-state index in [2.05, 4.69) is 32.0 Å². The van der Waals surface area contributed by atoms with Gasteiger partial charge in [-0.15, -0.1) is 0 Å². The van der Waals surface area contributed by atoms with Crippen molar-refractivity contribution in [2.24, 2.45) is 5.73 Å². The summed E-state index contributed by atoms with van der Waals surface area (Å²) in [5.74, 6) is 0.785. The first-order valence-electron chi connectivity index (χ1n) is 6.67. The average Bonchev–Trinajstić information content (AvgIpc) is 2.43. The van der Waals surface area contributed by atoms with Crippen molar-refractivity contribution in [1.29, 1.82) is 0 Å². The quantitative estimate of drug-likeness (QED) is 0.915. The Morgan fingerprint density at radius 1 is 1.15 bits per heavy atom. The van der Waals surface area contributed by atoms with Gasteiger partial charge in [0.1, 0.15) is 5.75 Å². The van der Waals surface area contributed by atoms with Gasteiger partial charge in [-0.2, -0.15) is 0 Å². The average molecular weight is 290 g/mol. The highest BCUT2D eigenvalue weighted by Crippen LogP contribution is 2.30. The first kappa shape index (κ1) is 14.9. The van der Waals surface area contributed by atoms with E-state index in [1.165, 1.54) is 16.7 Å². The third kappa shape index (κ3) is 3.14. The molecule has 0 bridgehead atoms. The molecule has 2 aromatic rings. The normalized spacial score (nSPS) is 12.2. The van der Waals surface area contributed by atoms with Crippen molar-refractivity contribution in [3.05, 3.63) is 63.7 Å². The second-order valence-electron chi connectivity index (χ2n) is 5.07. The molecule has 1 atom stereocenters. The van der Waals surface area contributed by atoms with Crippen LogP contribution < -0.4 is 10.5 Å². The first-order valence-corrected chi connectivity index (χ1v) is 7.05. The van der Waals surface area contributed by atoms with Crippen LogP contribution in [-0.2, 0) is 6.42 Å².